The van der Waals surface area contributed by atoms with Crippen molar-refractivity contribution in [2.75, 3.05) is 19.9 Å². The molecule has 0 spiro atoms. The molecule has 3 rings (SSSR count). The number of rotatable bonds is 10. The minimum atomic E-state index is -2.93. The summed E-state index contributed by atoms with van der Waals surface area (Å²) >= 11 is 1.69. The second-order valence-electron chi connectivity index (χ2n) is 6.65. The highest BCUT2D eigenvalue weighted by Gasteiger charge is 2.20. The van der Waals surface area contributed by atoms with Gasteiger partial charge in [0.15, 0.2) is 17.5 Å². The zero-order valence-corrected chi connectivity index (χ0v) is 20.6. The number of halogens is 3. The van der Waals surface area contributed by atoms with E-state index in [1.807, 2.05) is 13.8 Å². The summed E-state index contributed by atoms with van der Waals surface area (Å²) in [7, 11) is 0. The molecule has 11 heteroatoms. The van der Waals surface area contributed by atoms with Crippen LogP contribution in [0.1, 0.15) is 36.0 Å². The largest absolute Gasteiger partial charge is 0.454 e. The SMILES string of the molecule is CCNC(=NCc1cc2c(cc1OC(F)F)OCO2)NCCCCc1nc(C)cs1.I. The van der Waals surface area contributed by atoms with Crippen LogP contribution in [0.5, 0.6) is 17.2 Å². The molecule has 2 aromatic rings. The first-order valence-electron chi connectivity index (χ1n) is 9.85. The summed E-state index contributed by atoms with van der Waals surface area (Å²) < 4.78 is 40.8. The Hall–Kier alpha value is -1.89. The van der Waals surface area contributed by atoms with E-state index in [1.54, 1.807) is 17.4 Å². The molecule has 1 aromatic heterocycles. The van der Waals surface area contributed by atoms with Gasteiger partial charge in [0, 0.05) is 35.8 Å². The van der Waals surface area contributed by atoms with Crippen molar-refractivity contribution in [1.29, 1.82) is 0 Å². The number of thiazole rings is 1. The maximum absolute atomic E-state index is 12.8. The molecule has 0 aliphatic carbocycles. The van der Waals surface area contributed by atoms with Gasteiger partial charge in [-0.3, -0.25) is 0 Å². The lowest BCUT2D eigenvalue weighted by Gasteiger charge is -2.13. The van der Waals surface area contributed by atoms with Gasteiger partial charge in [0.2, 0.25) is 6.79 Å². The number of aromatic nitrogens is 1. The molecule has 0 amide bonds. The van der Waals surface area contributed by atoms with Crippen LogP contribution in [0.2, 0.25) is 0 Å². The van der Waals surface area contributed by atoms with Gasteiger partial charge in [-0.15, -0.1) is 35.3 Å². The van der Waals surface area contributed by atoms with E-state index >= 15 is 0 Å². The van der Waals surface area contributed by atoms with E-state index in [1.165, 1.54) is 6.07 Å². The first kappa shape index (κ1) is 25.4. The minimum absolute atomic E-state index is 0. The Labute approximate surface area is 201 Å². The van der Waals surface area contributed by atoms with Crippen molar-refractivity contribution in [3.8, 4) is 17.2 Å². The number of hydrogen-bond acceptors (Lipinski definition) is 6. The number of hydrogen-bond donors (Lipinski definition) is 2. The Kier molecular flexibility index (Phi) is 10.5. The predicted molar refractivity (Wildman–Crippen MR) is 127 cm³/mol. The number of nitrogens with one attached hydrogen (secondary N) is 2. The van der Waals surface area contributed by atoms with Gasteiger partial charge < -0.3 is 24.8 Å². The van der Waals surface area contributed by atoms with Crippen molar-refractivity contribution in [3.63, 3.8) is 0 Å². The normalized spacial score (nSPS) is 12.6. The summed E-state index contributed by atoms with van der Waals surface area (Å²) in [5, 5.41) is 9.65. The molecule has 1 aliphatic rings. The molecule has 0 bridgehead atoms. The maximum Gasteiger partial charge on any atom is 0.387 e. The second kappa shape index (κ2) is 12.8. The molecule has 172 valence electrons. The Bertz CT molecular complexity index is 867. The third-order valence-electron chi connectivity index (χ3n) is 4.30. The summed E-state index contributed by atoms with van der Waals surface area (Å²) in [5.74, 6) is 1.53. The molecule has 0 saturated heterocycles. The highest BCUT2D eigenvalue weighted by molar-refractivity contribution is 14.0. The van der Waals surface area contributed by atoms with E-state index in [0.29, 0.717) is 29.6 Å². The van der Waals surface area contributed by atoms with Crippen molar-refractivity contribution in [2.24, 2.45) is 4.99 Å². The number of nitrogens with zero attached hydrogens (tertiary/aromatic N) is 2. The third kappa shape index (κ3) is 7.95. The van der Waals surface area contributed by atoms with Crippen LogP contribution in [-0.2, 0) is 13.0 Å². The first-order valence-corrected chi connectivity index (χ1v) is 10.7. The summed E-state index contributed by atoms with van der Waals surface area (Å²) in [6.07, 6.45) is 2.94. The number of unbranched alkanes of at least 4 members (excludes halogenated alkanes) is 1. The number of alkyl halides is 2. The van der Waals surface area contributed by atoms with Crippen LogP contribution in [0.25, 0.3) is 0 Å². The lowest BCUT2D eigenvalue weighted by Crippen LogP contribution is -2.37. The number of aryl methyl sites for hydroxylation is 2. The van der Waals surface area contributed by atoms with Gasteiger partial charge in [-0.2, -0.15) is 8.78 Å². The average Bonchev–Trinajstić information content (AvgIpc) is 3.33. The molecule has 0 atom stereocenters. The van der Waals surface area contributed by atoms with Crippen LogP contribution in [0.15, 0.2) is 22.5 Å². The van der Waals surface area contributed by atoms with Crippen LogP contribution in [0, 0.1) is 6.92 Å². The van der Waals surface area contributed by atoms with Crippen molar-refractivity contribution < 1.29 is 23.0 Å². The zero-order valence-electron chi connectivity index (χ0n) is 17.5. The Balaban J connectivity index is 0.00000341. The zero-order chi connectivity index (χ0) is 21.3. The van der Waals surface area contributed by atoms with Gasteiger partial charge in [-0.1, -0.05) is 0 Å². The Morgan fingerprint density at radius 2 is 2.03 bits per heavy atom. The van der Waals surface area contributed by atoms with E-state index in [0.717, 1.165) is 36.5 Å². The lowest BCUT2D eigenvalue weighted by molar-refractivity contribution is -0.0505. The third-order valence-corrected chi connectivity index (χ3v) is 5.33. The molecule has 0 radical (unpaired) electrons. The molecule has 0 fully saturated rings. The molecule has 2 heterocycles. The van der Waals surface area contributed by atoms with Crippen LogP contribution in [-0.4, -0.2) is 37.4 Å². The molecule has 1 aromatic carbocycles. The maximum atomic E-state index is 12.8. The fraction of sp³-hybridized carbons (Fsp3) is 0.500. The second-order valence-corrected chi connectivity index (χ2v) is 7.60. The van der Waals surface area contributed by atoms with Gasteiger partial charge in [-0.25, -0.2) is 9.98 Å². The molecule has 1 aliphatic heterocycles. The van der Waals surface area contributed by atoms with E-state index in [-0.39, 0.29) is 43.1 Å². The van der Waals surface area contributed by atoms with Crippen molar-refractivity contribution in [2.45, 2.75) is 46.3 Å². The fourth-order valence-electron chi connectivity index (χ4n) is 2.93. The molecular weight excluding hydrogens is 541 g/mol. The van der Waals surface area contributed by atoms with Crippen LogP contribution in [0.3, 0.4) is 0 Å². The number of ether oxygens (including phenoxy) is 3. The highest BCUT2D eigenvalue weighted by atomic mass is 127. The van der Waals surface area contributed by atoms with Gasteiger partial charge in [0.1, 0.15) is 5.75 Å². The topological polar surface area (TPSA) is 77.0 Å². The molecule has 0 unspecified atom stereocenters. The van der Waals surface area contributed by atoms with Gasteiger partial charge in [-0.05, 0) is 39.2 Å². The number of benzene rings is 1. The molecule has 0 saturated carbocycles. The molecule has 31 heavy (non-hydrogen) atoms. The standard InChI is InChI=1S/C20H26F2N4O3S.HI/c1-3-23-20(24-7-5-4-6-18-26-13(2)11-30-18)25-10-14-8-16-17(28-12-27-16)9-15(14)29-19(21)22;/h8-9,11,19H,3-7,10,12H2,1-2H3,(H2,23,24,25);1H. The molecule has 7 nitrogen and oxygen atoms in total. The average molecular weight is 568 g/mol. The van der Waals surface area contributed by atoms with Gasteiger partial charge in [0.25, 0.3) is 0 Å². The molecular formula is C20H27F2IN4O3S. The van der Waals surface area contributed by atoms with Gasteiger partial charge in [0.05, 0.1) is 11.6 Å². The summed E-state index contributed by atoms with van der Waals surface area (Å²) in [5.41, 5.74) is 1.56. The first-order chi connectivity index (χ1) is 14.5. The molecule has 2 N–H and O–H groups in total. The predicted octanol–water partition coefficient (Wildman–Crippen LogP) is 4.48. The van der Waals surface area contributed by atoms with E-state index < -0.39 is 6.61 Å². The van der Waals surface area contributed by atoms with Crippen molar-refractivity contribution in [1.82, 2.24) is 15.6 Å². The van der Waals surface area contributed by atoms with Crippen molar-refractivity contribution in [3.05, 3.63) is 33.8 Å². The smallest absolute Gasteiger partial charge is 0.387 e. The number of guanidine groups is 1. The minimum Gasteiger partial charge on any atom is -0.454 e. The lowest BCUT2D eigenvalue weighted by atomic mass is 10.1. The van der Waals surface area contributed by atoms with Crippen molar-refractivity contribution >= 4 is 41.3 Å². The van der Waals surface area contributed by atoms with Crippen LogP contribution >= 0.6 is 35.3 Å². The summed E-state index contributed by atoms with van der Waals surface area (Å²) in [6, 6.07) is 3.04. The Morgan fingerprint density at radius 3 is 2.71 bits per heavy atom. The summed E-state index contributed by atoms with van der Waals surface area (Å²) in [6.45, 7) is 2.68. The number of aliphatic imine (C=N–C) groups is 1. The van der Waals surface area contributed by atoms with Crippen LogP contribution in [0.4, 0.5) is 8.78 Å². The monoisotopic (exact) mass is 568 g/mol. The van der Waals surface area contributed by atoms with E-state index in [2.05, 4.69) is 30.7 Å². The fourth-order valence-corrected chi connectivity index (χ4v) is 3.74. The van der Waals surface area contributed by atoms with Gasteiger partial charge >= 0.3 is 6.61 Å². The Morgan fingerprint density at radius 1 is 1.26 bits per heavy atom. The highest BCUT2D eigenvalue weighted by Crippen LogP contribution is 2.39. The number of fused-ring (bicyclic) bond motifs is 1. The van der Waals surface area contributed by atoms with Crippen LogP contribution < -0.4 is 24.8 Å². The quantitative estimate of drug-likeness (QED) is 0.191. The van der Waals surface area contributed by atoms with E-state index in [4.69, 9.17) is 9.47 Å². The summed E-state index contributed by atoms with van der Waals surface area (Å²) in [4.78, 5) is 8.97. The van der Waals surface area contributed by atoms with E-state index in [9.17, 15) is 8.78 Å².